The number of ketones is 1. The molecule has 0 aliphatic carbocycles. The molecule has 1 N–H and O–H groups in total. The summed E-state index contributed by atoms with van der Waals surface area (Å²) >= 11 is 0. The van der Waals surface area contributed by atoms with Crippen LogP contribution in [0.2, 0.25) is 0 Å². The van der Waals surface area contributed by atoms with Crippen LogP contribution in [0, 0.1) is 6.92 Å². The molecule has 0 radical (unpaired) electrons. The lowest BCUT2D eigenvalue weighted by Gasteiger charge is -2.10. The molecule has 0 spiro atoms. The number of aromatic nitrogens is 1. The number of nitrogens with one attached hydrogen (secondary N) is 1. The third-order valence-electron chi connectivity index (χ3n) is 5.81. The molecular formula is C29H28N2O2. The lowest BCUT2D eigenvalue weighted by molar-refractivity contribution is -0.116. The number of aryl methyl sites for hydroxylation is 1. The van der Waals surface area contributed by atoms with E-state index < -0.39 is 0 Å². The summed E-state index contributed by atoms with van der Waals surface area (Å²) in [6, 6.07) is 24.1. The van der Waals surface area contributed by atoms with Crippen LogP contribution in [-0.2, 0) is 24.1 Å². The number of fused-ring (bicyclic) bond motifs is 1. The SMILES string of the molecule is CC(=O)Cc1cnc(Cc2ccc(C(=O)NCCc3ccc(C)cc3)cc2)c2ccccc12. The lowest BCUT2D eigenvalue weighted by Crippen LogP contribution is -2.25. The molecule has 4 heteroatoms. The molecule has 0 atom stereocenters. The van der Waals surface area contributed by atoms with Gasteiger partial charge < -0.3 is 5.32 Å². The number of carbonyl (C=O) groups is 2. The number of hydrogen-bond acceptors (Lipinski definition) is 3. The highest BCUT2D eigenvalue weighted by Crippen LogP contribution is 2.23. The summed E-state index contributed by atoms with van der Waals surface area (Å²) in [5.74, 6) is 0.0632. The average Bonchev–Trinajstić information content (AvgIpc) is 2.82. The van der Waals surface area contributed by atoms with Crippen molar-refractivity contribution < 1.29 is 9.59 Å². The molecule has 4 rings (SSSR count). The van der Waals surface area contributed by atoms with Crippen LogP contribution in [0.25, 0.3) is 10.8 Å². The number of pyridine rings is 1. The van der Waals surface area contributed by atoms with Gasteiger partial charge in [-0.1, -0.05) is 66.2 Å². The summed E-state index contributed by atoms with van der Waals surface area (Å²) in [5, 5.41) is 5.13. The first kappa shape index (κ1) is 22.4. The van der Waals surface area contributed by atoms with E-state index in [9.17, 15) is 9.59 Å². The molecule has 1 aromatic heterocycles. The predicted molar refractivity (Wildman–Crippen MR) is 133 cm³/mol. The second kappa shape index (κ2) is 10.2. The maximum atomic E-state index is 12.5. The third-order valence-corrected chi connectivity index (χ3v) is 5.81. The Hall–Kier alpha value is -3.79. The number of carbonyl (C=O) groups excluding carboxylic acids is 2. The summed E-state index contributed by atoms with van der Waals surface area (Å²) in [7, 11) is 0. The van der Waals surface area contributed by atoms with Gasteiger partial charge in [-0.05, 0) is 54.5 Å². The van der Waals surface area contributed by atoms with Gasteiger partial charge in [0.15, 0.2) is 0 Å². The van der Waals surface area contributed by atoms with Crippen molar-refractivity contribution in [3.05, 3.63) is 113 Å². The molecule has 0 unspecified atom stereocenters. The monoisotopic (exact) mass is 436 g/mol. The summed E-state index contributed by atoms with van der Waals surface area (Å²) < 4.78 is 0. The van der Waals surface area contributed by atoms with E-state index in [1.165, 1.54) is 11.1 Å². The highest BCUT2D eigenvalue weighted by atomic mass is 16.1. The fraction of sp³-hybridized carbons (Fsp3) is 0.207. The molecule has 4 nitrogen and oxygen atoms in total. The smallest absolute Gasteiger partial charge is 0.251 e. The summed E-state index contributed by atoms with van der Waals surface area (Å²) in [4.78, 5) is 28.8. The molecule has 4 aromatic rings. The van der Waals surface area contributed by atoms with Crippen LogP contribution in [-0.4, -0.2) is 23.2 Å². The van der Waals surface area contributed by atoms with Crippen molar-refractivity contribution in [1.29, 1.82) is 0 Å². The van der Waals surface area contributed by atoms with Crippen molar-refractivity contribution in [2.75, 3.05) is 6.54 Å². The van der Waals surface area contributed by atoms with Gasteiger partial charge in [-0.2, -0.15) is 0 Å². The van der Waals surface area contributed by atoms with Crippen molar-refractivity contribution in [3.8, 4) is 0 Å². The lowest BCUT2D eigenvalue weighted by atomic mass is 9.98. The standard InChI is InChI=1S/C29H28N2O2/c1-20-7-9-22(10-8-20)15-16-30-29(33)24-13-11-23(12-14-24)18-28-27-6-4-3-5-26(27)25(19-31-28)17-21(2)32/h3-14,19H,15-18H2,1-2H3,(H,30,33). The highest BCUT2D eigenvalue weighted by Gasteiger charge is 2.10. The quantitative estimate of drug-likeness (QED) is 0.411. The molecule has 0 saturated heterocycles. The zero-order chi connectivity index (χ0) is 23.2. The van der Waals surface area contributed by atoms with Crippen LogP contribution in [0.3, 0.4) is 0 Å². The van der Waals surface area contributed by atoms with E-state index in [2.05, 4.69) is 47.6 Å². The maximum absolute atomic E-state index is 12.5. The minimum Gasteiger partial charge on any atom is -0.352 e. The van der Waals surface area contributed by atoms with Gasteiger partial charge in [0, 0.05) is 36.5 Å². The maximum Gasteiger partial charge on any atom is 0.251 e. The predicted octanol–water partition coefficient (Wildman–Crippen LogP) is 5.24. The Morgan fingerprint density at radius 2 is 1.52 bits per heavy atom. The molecule has 33 heavy (non-hydrogen) atoms. The van der Waals surface area contributed by atoms with E-state index in [1.54, 1.807) is 6.92 Å². The Morgan fingerprint density at radius 1 is 0.848 bits per heavy atom. The third kappa shape index (κ3) is 5.72. The topological polar surface area (TPSA) is 59.1 Å². The molecule has 1 heterocycles. The molecule has 0 fully saturated rings. The highest BCUT2D eigenvalue weighted by molar-refractivity contribution is 5.94. The second-order valence-corrected chi connectivity index (χ2v) is 8.52. The first-order valence-corrected chi connectivity index (χ1v) is 11.3. The van der Waals surface area contributed by atoms with Crippen LogP contribution in [0.5, 0.6) is 0 Å². The molecule has 0 aliphatic heterocycles. The van der Waals surface area contributed by atoms with Crippen molar-refractivity contribution in [3.63, 3.8) is 0 Å². The number of nitrogens with zero attached hydrogens (tertiary/aromatic N) is 1. The number of rotatable bonds is 8. The number of benzene rings is 3. The Morgan fingerprint density at radius 3 is 2.21 bits per heavy atom. The largest absolute Gasteiger partial charge is 0.352 e. The fourth-order valence-electron chi connectivity index (χ4n) is 4.00. The first-order valence-electron chi connectivity index (χ1n) is 11.3. The van der Waals surface area contributed by atoms with E-state index in [0.29, 0.717) is 24.9 Å². The summed E-state index contributed by atoms with van der Waals surface area (Å²) in [6.07, 6.45) is 3.68. The molecule has 166 valence electrons. The zero-order valence-electron chi connectivity index (χ0n) is 19.1. The number of amides is 1. The Bertz CT molecular complexity index is 1280. The number of hydrogen-bond donors (Lipinski definition) is 1. The van der Waals surface area contributed by atoms with Crippen molar-refractivity contribution in [1.82, 2.24) is 10.3 Å². The molecule has 1 amide bonds. The minimum absolute atomic E-state index is 0.0641. The number of Topliss-reactive ketones (excluding diaryl/α,β-unsaturated/α-hetero) is 1. The summed E-state index contributed by atoms with van der Waals surface area (Å²) in [6.45, 7) is 4.27. The van der Waals surface area contributed by atoms with E-state index in [-0.39, 0.29) is 11.7 Å². The van der Waals surface area contributed by atoms with Gasteiger partial charge in [-0.3, -0.25) is 14.6 Å². The van der Waals surface area contributed by atoms with Gasteiger partial charge in [-0.15, -0.1) is 0 Å². The fourth-order valence-corrected chi connectivity index (χ4v) is 4.00. The Kier molecular flexibility index (Phi) is 6.94. The second-order valence-electron chi connectivity index (χ2n) is 8.52. The van der Waals surface area contributed by atoms with Crippen LogP contribution in [0.1, 0.15) is 45.2 Å². The van der Waals surface area contributed by atoms with Gasteiger partial charge in [-0.25, -0.2) is 0 Å². The van der Waals surface area contributed by atoms with E-state index in [4.69, 9.17) is 0 Å². The van der Waals surface area contributed by atoms with Gasteiger partial charge in [0.25, 0.3) is 5.91 Å². The molecule has 3 aromatic carbocycles. The molecular weight excluding hydrogens is 408 g/mol. The van der Waals surface area contributed by atoms with E-state index in [1.807, 2.05) is 48.7 Å². The van der Waals surface area contributed by atoms with E-state index >= 15 is 0 Å². The van der Waals surface area contributed by atoms with Gasteiger partial charge in [0.2, 0.25) is 0 Å². The normalized spacial score (nSPS) is 10.8. The molecule has 0 saturated carbocycles. The van der Waals surface area contributed by atoms with Crippen molar-refractivity contribution >= 4 is 22.5 Å². The zero-order valence-corrected chi connectivity index (χ0v) is 19.1. The van der Waals surface area contributed by atoms with Crippen LogP contribution in [0.15, 0.2) is 79.0 Å². The Balaban J connectivity index is 1.41. The minimum atomic E-state index is -0.0641. The molecule has 0 bridgehead atoms. The van der Waals surface area contributed by atoms with E-state index in [0.717, 1.165) is 34.0 Å². The Labute approximate surface area is 194 Å². The van der Waals surface area contributed by atoms with Crippen LogP contribution in [0.4, 0.5) is 0 Å². The van der Waals surface area contributed by atoms with Crippen molar-refractivity contribution in [2.45, 2.75) is 33.1 Å². The van der Waals surface area contributed by atoms with Crippen LogP contribution < -0.4 is 5.32 Å². The van der Waals surface area contributed by atoms with Gasteiger partial charge in [0.05, 0.1) is 5.69 Å². The van der Waals surface area contributed by atoms with Crippen LogP contribution >= 0.6 is 0 Å². The summed E-state index contributed by atoms with van der Waals surface area (Å²) in [5.41, 5.74) is 6.11. The average molecular weight is 437 g/mol. The van der Waals surface area contributed by atoms with Crippen molar-refractivity contribution in [2.24, 2.45) is 0 Å². The first-order chi connectivity index (χ1) is 16.0. The van der Waals surface area contributed by atoms with Gasteiger partial charge in [0.1, 0.15) is 5.78 Å². The molecule has 0 aliphatic rings. The van der Waals surface area contributed by atoms with Gasteiger partial charge >= 0.3 is 0 Å².